The second-order valence-electron chi connectivity index (χ2n) is 6.30. The Morgan fingerprint density at radius 1 is 1.17 bits per heavy atom. The van der Waals surface area contributed by atoms with Crippen LogP contribution in [0.1, 0.15) is 22.8 Å². The summed E-state index contributed by atoms with van der Waals surface area (Å²) in [5.74, 6) is -1.40. The van der Waals surface area contributed by atoms with E-state index >= 15 is 0 Å². The van der Waals surface area contributed by atoms with E-state index in [0.29, 0.717) is 27.0 Å². The SMILES string of the molecule is CC(Sc1nc(-c2ccc(Cl)cc2)ccc1C#N)C(=O)Nc1cccc(C(=O)O)c1. The van der Waals surface area contributed by atoms with Crippen LogP contribution in [0.3, 0.4) is 0 Å². The summed E-state index contributed by atoms with van der Waals surface area (Å²) in [5.41, 5.74) is 2.33. The lowest BCUT2D eigenvalue weighted by molar-refractivity contribution is -0.115. The molecule has 0 fully saturated rings. The summed E-state index contributed by atoms with van der Waals surface area (Å²) in [7, 11) is 0. The Labute approximate surface area is 182 Å². The lowest BCUT2D eigenvalue weighted by Crippen LogP contribution is -2.22. The van der Waals surface area contributed by atoms with Crippen LogP contribution in [-0.4, -0.2) is 27.2 Å². The number of carbonyl (C=O) groups is 2. The maximum atomic E-state index is 12.6. The molecule has 1 unspecified atom stereocenters. The number of thioether (sulfide) groups is 1. The van der Waals surface area contributed by atoms with Gasteiger partial charge in [-0.2, -0.15) is 5.26 Å². The van der Waals surface area contributed by atoms with E-state index in [1.807, 2.05) is 12.1 Å². The smallest absolute Gasteiger partial charge is 0.335 e. The fourth-order valence-electron chi connectivity index (χ4n) is 2.59. The van der Waals surface area contributed by atoms with E-state index in [1.54, 1.807) is 43.3 Å². The van der Waals surface area contributed by atoms with Crippen molar-refractivity contribution in [3.63, 3.8) is 0 Å². The number of anilines is 1. The van der Waals surface area contributed by atoms with E-state index in [2.05, 4.69) is 16.4 Å². The van der Waals surface area contributed by atoms with Crippen molar-refractivity contribution in [1.29, 1.82) is 5.26 Å². The van der Waals surface area contributed by atoms with Gasteiger partial charge in [0.2, 0.25) is 5.91 Å². The molecule has 2 N–H and O–H groups in total. The van der Waals surface area contributed by atoms with Gasteiger partial charge in [0, 0.05) is 16.3 Å². The molecule has 30 heavy (non-hydrogen) atoms. The molecular weight excluding hydrogens is 422 g/mol. The first-order valence-corrected chi connectivity index (χ1v) is 10.1. The van der Waals surface area contributed by atoms with Crippen molar-refractivity contribution in [2.45, 2.75) is 17.2 Å². The molecule has 0 radical (unpaired) electrons. The molecular formula is C22H16ClN3O3S. The fraction of sp³-hybridized carbons (Fsp3) is 0.0909. The Hall–Kier alpha value is -3.34. The zero-order valence-electron chi connectivity index (χ0n) is 15.8. The maximum Gasteiger partial charge on any atom is 0.335 e. The lowest BCUT2D eigenvalue weighted by atomic mass is 10.1. The number of nitriles is 1. The number of halogens is 1. The van der Waals surface area contributed by atoms with E-state index in [4.69, 9.17) is 16.7 Å². The van der Waals surface area contributed by atoms with Crippen molar-refractivity contribution in [3.8, 4) is 17.3 Å². The van der Waals surface area contributed by atoms with Gasteiger partial charge in [-0.15, -0.1) is 0 Å². The van der Waals surface area contributed by atoms with Crippen LogP contribution in [0.5, 0.6) is 0 Å². The first-order valence-electron chi connectivity index (χ1n) is 8.85. The first kappa shape index (κ1) is 21.4. The molecule has 1 amide bonds. The molecule has 0 saturated carbocycles. The summed E-state index contributed by atoms with van der Waals surface area (Å²) in [6.07, 6.45) is 0. The third-order valence-corrected chi connectivity index (χ3v) is 5.51. The van der Waals surface area contributed by atoms with Gasteiger partial charge in [-0.25, -0.2) is 9.78 Å². The van der Waals surface area contributed by atoms with Crippen molar-refractivity contribution in [3.05, 3.63) is 76.8 Å². The van der Waals surface area contributed by atoms with Gasteiger partial charge in [0.1, 0.15) is 11.1 Å². The van der Waals surface area contributed by atoms with Gasteiger partial charge in [-0.1, -0.05) is 41.6 Å². The Bertz CT molecular complexity index is 1140. The number of amides is 1. The summed E-state index contributed by atoms with van der Waals surface area (Å²) in [5, 5.41) is 21.7. The van der Waals surface area contributed by atoms with E-state index in [0.717, 1.165) is 17.3 Å². The maximum absolute atomic E-state index is 12.6. The molecule has 0 aliphatic heterocycles. The zero-order valence-corrected chi connectivity index (χ0v) is 17.4. The molecule has 0 saturated heterocycles. The number of aromatic carboxylic acids is 1. The number of nitrogens with one attached hydrogen (secondary N) is 1. The van der Waals surface area contributed by atoms with Crippen LogP contribution in [0, 0.1) is 11.3 Å². The van der Waals surface area contributed by atoms with Crippen LogP contribution in [0.2, 0.25) is 5.02 Å². The second kappa shape index (κ2) is 9.44. The average Bonchev–Trinajstić information content (AvgIpc) is 2.74. The quantitative estimate of drug-likeness (QED) is 0.520. The molecule has 1 heterocycles. The number of hydrogen-bond acceptors (Lipinski definition) is 5. The minimum Gasteiger partial charge on any atom is -0.478 e. The van der Waals surface area contributed by atoms with E-state index in [-0.39, 0.29) is 11.5 Å². The number of rotatable bonds is 6. The minimum atomic E-state index is -1.07. The molecule has 1 aromatic heterocycles. The number of benzene rings is 2. The van der Waals surface area contributed by atoms with Gasteiger partial charge in [-0.3, -0.25) is 4.79 Å². The number of aromatic nitrogens is 1. The van der Waals surface area contributed by atoms with Gasteiger partial charge in [0.15, 0.2) is 0 Å². The Morgan fingerprint density at radius 3 is 2.57 bits per heavy atom. The summed E-state index contributed by atoms with van der Waals surface area (Å²) >= 11 is 7.09. The molecule has 150 valence electrons. The van der Waals surface area contributed by atoms with Crippen LogP contribution in [0.15, 0.2) is 65.7 Å². The van der Waals surface area contributed by atoms with Gasteiger partial charge in [0.25, 0.3) is 0 Å². The number of carboxylic acids is 1. The van der Waals surface area contributed by atoms with Gasteiger partial charge in [-0.05, 0) is 49.4 Å². The summed E-state index contributed by atoms with van der Waals surface area (Å²) in [6, 6.07) is 18.7. The molecule has 0 aliphatic carbocycles. The minimum absolute atomic E-state index is 0.0807. The monoisotopic (exact) mass is 437 g/mol. The second-order valence-corrected chi connectivity index (χ2v) is 8.07. The Kier molecular flexibility index (Phi) is 6.72. The zero-order chi connectivity index (χ0) is 21.7. The standard InChI is InChI=1S/C22H16ClN3O3S/c1-13(20(27)25-18-4-2-3-15(11-18)22(28)29)30-21-16(12-24)7-10-19(26-21)14-5-8-17(23)9-6-14/h2-11,13H,1H3,(H,25,27)(H,28,29). The normalized spacial score (nSPS) is 11.4. The molecule has 1 atom stereocenters. The molecule has 0 bridgehead atoms. The van der Waals surface area contributed by atoms with Crippen LogP contribution in [-0.2, 0) is 4.79 Å². The van der Waals surface area contributed by atoms with Crippen molar-refractivity contribution in [1.82, 2.24) is 4.98 Å². The van der Waals surface area contributed by atoms with Crippen molar-refractivity contribution < 1.29 is 14.7 Å². The summed E-state index contributed by atoms with van der Waals surface area (Å²) in [6.45, 7) is 1.69. The highest BCUT2D eigenvalue weighted by Gasteiger charge is 2.19. The fourth-order valence-corrected chi connectivity index (χ4v) is 3.61. The molecule has 6 nitrogen and oxygen atoms in total. The molecule has 0 spiro atoms. The van der Waals surface area contributed by atoms with Crippen LogP contribution >= 0.6 is 23.4 Å². The average molecular weight is 438 g/mol. The highest BCUT2D eigenvalue weighted by atomic mass is 35.5. The van der Waals surface area contributed by atoms with Crippen LogP contribution in [0.25, 0.3) is 11.3 Å². The van der Waals surface area contributed by atoms with Gasteiger partial charge >= 0.3 is 5.97 Å². The third-order valence-electron chi connectivity index (χ3n) is 4.16. The summed E-state index contributed by atoms with van der Waals surface area (Å²) in [4.78, 5) is 28.2. The highest BCUT2D eigenvalue weighted by molar-refractivity contribution is 8.00. The molecule has 8 heteroatoms. The topological polar surface area (TPSA) is 103 Å². The van der Waals surface area contributed by atoms with E-state index in [1.165, 1.54) is 12.1 Å². The van der Waals surface area contributed by atoms with Gasteiger partial charge in [0.05, 0.1) is 22.1 Å². The number of carboxylic acid groups (broad SMARTS) is 1. The predicted octanol–water partition coefficient (Wildman–Crippen LogP) is 5.09. The van der Waals surface area contributed by atoms with E-state index in [9.17, 15) is 14.9 Å². The van der Waals surface area contributed by atoms with E-state index < -0.39 is 11.2 Å². The molecule has 2 aromatic carbocycles. The van der Waals surface area contributed by atoms with Crippen LogP contribution < -0.4 is 5.32 Å². The van der Waals surface area contributed by atoms with Gasteiger partial charge < -0.3 is 10.4 Å². The lowest BCUT2D eigenvalue weighted by Gasteiger charge is -2.13. The largest absolute Gasteiger partial charge is 0.478 e. The Balaban J connectivity index is 1.79. The molecule has 3 rings (SSSR count). The number of nitrogens with zero attached hydrogens (tertiary/aromatic N) is 2. The van der Waals surface area contributed by atoms with Crippen molar-refractivity contribution in [2.24, 2.45) is 0 Å². The number of pyridine rings is 1. The summed E-state index contributed by atoms with van der Waals surface area (Å²) < 4.78 is 0. The van der Waals surface area contributed by atoms with Crippen molar-refractivity contribution in [2.75, 3.05) is 5.32 Å². The Morgan fingerprint density at radius 2 is 1.90 bits per heavy atom. The highest BCUT2D eigenvalue weighted by Crippen LogP contribution is 2.29. The predicted molar refractivity (Wildman–Crippen MR) is 117 cm³/mol. The van der Waals surface area contributed by atoms with Crippen molar-refractivity contribution >= 4 is 40.9 Å². The third kappa shape index (κ3) is 5.17. The van der Waals surface area contributed by atoms with Crippen LogP contribution in [0.4, 0.5) is 5.69 Å². The number of carbonyl (C=O) groups excluding carboxylic acids is 1. The molecule has 0 aliphatic rings. The molecule has 3 aromatic rings. The number of hydrogen-bond donors (Lipinski definition) is 2. The first-order chi connectivity index (χ1) is 14.4.